The van der Waals surface area contributed by atoms with Crippen LogP contribution < -0.4 is 5.73 Å². The highest BCUT2D eigenvalue weighted by Crippen LogP contribution is 2.24. The number of aryl methyl sites for hydroxylation is 1. The first-order valence-corrected chi connectivity index (χ1v) is 6.49. The van der Waals surface area contributed by atoms with Crippen molar-refractivity contribution in [3.05, 3.63) is 63.6 Å². The van der Waals surface area contributed by atoms with E-state index in [0.29, 0.717) is 16.5 Å². The van der Waals surface area contributed by atoms with Crippen LogP contribution in [-0.4, -0.2) is 4.98 Å². The third-order valence-corrected chi connectivity index (χ3v) is 3.52. The van der Waals surface area contributed by atoms with Crippen molar-refractivity contribution in [1.82, 2.24) is 4.98 Å². The van der Waals surface area contributed by atoms with E-state index in [9.17, 15) is 4.39 Å². The van der Waals surface area contributed by atoms with Gasteiger partial charge in [-0.3, -0.25) is 4.98 Å². The van der Waals surface area contributed by atoms with Crippen molar-refractivity contribution in [1.29, 1.82) is 0 Å². The molecule has 2 nitrogen and oxygen atoms in total. The molecule has 0 bridgehead atoms. The maximum atomic E-state index is 13.9. The molecule has 0 saturated carbocycles. The molecule has 1 aromatic heterocycles. The number of halogens is 2. The summed E-state index contributed by atoms with van der Waals surface area (Å²) in [6.07, 6.45) is 2.26. The number of rotatable bonds is 3. The predicted molar refractivity (Wildman–Crippen MR) is 73.7 cm³/mol. The Balaban J connectivity index is 2.25. The van der Waals surface area contributed by atoms with Crippen LogP contribution in [0.25, 0.3) is 0 Å². The van der Waals surface area contributed by atoms with Crippen molar-refractivity contribution in [2.24, 2.45) is 5.73 Å². The summed E-state index contributed by atoms with van der Waals surface area (Å²) in [6, 6.07) is 8.63. The average Bonchev–Trinajstić information content (AvgIpc) is 2.35. The molecule has 0 spiro atoms. The molecular formula is C14H14BrFN2. The van der Waals surface area contributed by atoms with E-state index in [2.05, 4.69) is 20.9 Å². The first-order chi connectivity index (χ1) is 8.59. The summed E-state index contributed by atoms with van der Waals surface area (Å²) >= 11 is 3.17. The van der Waals surface area contributed by atoms with E-state index in [4.69, 9.17) is 5.73 Å². The fourth-order valence-corrected chi connectivity index (χ4v) is 2.24. The Labute approximate surface area is 114 Å². The van der Waals surface area contributed by atoms with Crippen molar-refractivity contribution in [2.45, 2.75) is 19.4 Å². The van der Waals surface area contributed by atoms with Crippen molar-refractivity contribution < 1.29 is 4.39 Å². The van der Waals surface area contributed by atoms with Crippen LogP contribution in [0.1, 0.15) is 22.9 Å². The lowest BCUT2D eigenvalue weighted by Crippen LogP contribution is -2.16. The molecule has 2 aromatic rings. The Kier molecular flexibility index (Phi) is 4.09. The van der Waals surface area contributed by atoms with Gasteiger partial charge in [0.25, 0.3) is 0 Å². The lowest BCUT2D eigenvalue weighted by molar-refractivity contribution is 0.572. The van der Waals surface area contributed by atoms with Crippen LogP contribution in [0.4, 0.5) is 4.39 Å². The minimum absolute atomic E-state index is 0.293. The van der Waals surface area contributed by atoms with Crippen LogP contribution in [0.2, 0.25) is 0 Å². The van der Waals surface area contributed by atoms with Gasteiger partial charge >= 0.3 is 0 Å². The SMILES string of the molecule is Cc1cccnc1CC(N)c1cccc(Br)c1F. The molecule has 0 radical (unpaired) electrons. The second-order valence-corrected chi connectivity index (χ2v) is 5.07. The van der Waals surface area contributed by atoms with Crippen LogP contribution in [0, 0.1) is 12.7 Å². The van der Waals surface area contributed by atoms with E-state index in [1.165, 1.54) is 0 Å². The Bertz CT molecular complexity index is 557. The highest BCUT2D eigenvalue weighted by Gasteiger charge is 2.15. The number of hydrogen-bond donors (Lipinski definition) is 1. The molecule has 94 valence electrons. The molecule has 4 heteroatoms. The van der Waals surface area contributed by atoms with Gasteiger partial charge in [0, 0.05) is 29.9 Å². The number of pyridine rings is 1. The average molecular weight is 309 g/mol. The zero-order chi connectivity index (χ0) is 13.1. The van der Waals surface area contributed by atoms with Gasteiger partial charge in [-0.25, -0.2) is 4.39 Å². The van der Waals surface area contributed by atoms with Crippen LogP contribution in [0.5, 0.6) is 0 Å². The molecular weight excluding hydrogens is 295 g/mol. The Morgan fingerprint density at radius 2 is 2.11 bits per heavy atom. The first kappa shape index (κ1) is 13.2. The van der Waals surface area contributed by atoms with Gasteiger partial charge in [0.15, 0.2) is 0 Å². The molecule has 0 aliphatic carbocycles. The molecule has 1 atom stereocenters. The van der Waals surface area contributed by atoms with E-state index in [0.717, 1.165) is 11.3 Å². The standard InChI is InChI=1S/C14H14BrFN2/c1-9-4-3-7-18-13(9)8-12(17)10-5-2-6-11(15)14(10)16/h2-7,12H,8,17H2,1H3. The molecule has 1 aromatic carbocycles. The maximum absolute atomic E-state index is 13.9. The van der Waals surface area contributed by atoms with E-state index in [-0.39, 0.29) is 5.82 Å². The monoisotopic (exact) mass is 308 g/mol. The second-order valence-electron chi connectivity index (χ2n) is 4.22. The highest BCUT2D eigenvalue weighted by molar-refractivity contribution is 9.10. The molecule has 0 amide bonds. The van der Waals surface area contributed by atoms with Gasteiger partial charge in [0.2, 0.25) is 0 Å². The largest absolute Gasteiger partial charge is 0.324 e. The van der Waals surface area contributed by atoms with Crippen molar-refractivity contribution in [3.63, 3.8) is 0 Å². The fraction of sp³-hybridized carbons (Fsp3) is 0.214. The third-order valence-electron chi connectivity index (χ3n) is 2.91. The number of hydrogen-bond acceptors (Lipinski definition) is 2. The van der Waals surface area contributed by atoms with Crippen molar-refractivity contribution in [3.8, 4) is 0 Å². The van der Waals surface area contributed by atoms with Gasteiger partial charge in [-0.2, -0.15) is 0 Å². The van der Waals surface area contributed by atoms with Crippen LogP contribution in [0.15, 0.2) is 41.0 Å². The van der Waals surface area contributed by atoms with Crippen molar-refractivity contribution >= 4 is 15.9 Å². The molecule has 1 unspecified atom stereocenters. The summed E-state index contributed by atoms with van der Waals surface area (Å²) in [5.74, 6) is -0.293. The van der Waals surface area contributed by atoms with Gasteiger partial charge in [0.1, 0.15) is 5.82 Å². The molecule has 0 aliphatic rings. The Hall–Kier alpha value is -1.26. The van der Waals surface area contributed by atoms with E-state index in [1.54, 1.807) is 24.4 Å². The normalized spacial score (nSPS) is 12.4. The first-order valence-electron chi connectivity index (χ1n) is 5.69. The van der Waals surface area contributed by atoms with Gasteiger partial charge < -0.3 is 5.73 Å². The highest BCUT2D eigenvalue weighted by atomic mass is 79.9. The minimum Gasteiger partial charge on any atom is -0.324 e. The number of aromatic nitrogens is 1. The van der Waals surface area contributed by atoms with E-state index < -0.39 is 6.04 Å². The second kappa shape index (κ2) is 5.59. The molecule has 0 fully saturated rings. The quantitative estimate of drug-likeness (QED) is 0.942. The van der Waals surface area contributed by atoms with Crippen LogP contribution >= 0.6 is 15.9 Å². The van der Waals surface area contributed by atoms with Gasteiger partial charge in [-0.15, -0.1) is 0 Å². The Morgan fingerprint density at radius 3 is 2.83 bits per heavy atom. The third kappa shape index (κ3) is 2.76. The lowest BCUT2D eigenvalue weighted by Gasteiger charge is -2.14. The molecule has 18 heavy (non-hydrogen) atoms. The summed E-state index contributed by atoms with van der Waals surface area (Å²) < 4.78 is 14.3. The number of nitrogens with two attached hydrogens (primary N) is 1. The van der Waals surface area contributed by atoms with Crippen LogP contribution in [0.3, 0.4) is 0 Å². The van der Waals surface area contributed by atoms with Gasteiger partial charge in [-0.1, -0.05) is 18.2 Å². The van der Waals surface area contributed by atoms with Crippen LogP contribution in [-0.2, 0) is 6.42 Å². The molecule has 1 heterocycles. The van der Waals surface area contributed by atoms with Gasteiger partial charge in [0.05, 0.1) is 4.47 Å². The minimum atomic E-state index is -0.393. The smallest absolute Gasteiger partial charge is 0.142 e. The summed E-state index contributed by atoms with van der Waals surface area (Å²) in [5.41, 5.74) is 8.55. The number of nitrogens with zero attached hydrogens (tertiary/aromatic N) is 1. The lowest BCUT2D eigenvalue weighted by atomic mass is 10.0. The topological polar surface area (TPSA) is 38.9 Å². The zero-order valence-corrected chi connectivity index (χ0v) is 11.6. The van der Waals surface area contributed by atoms with Gasteiger partial charge in [-0.05, 0) is 40.5 Å². The summed E-state index contributed by atoms with van der Waals surface area (Å²) in [7, 11) is 0. The summed E-state index contributed by atoms with van der Waals surface area (Å²) in [6.45, 7) is 1.98. The molecule has 2 N–H and O–H groups in total. The molecule has 2 rings (SSSR count). The Morgan fingerprint density at radius 1 is 1.33 bits per heavy atom. The van der Waals surface area contributed by atoms with E-state index in [1.807, 2.05) is 19.1 Å². The summed E-state index contributed by atoms with van der Waals surface area (Å²) in [5, 5.41) is 0. The fourth-order valence-electron chi connectivity index (χ4n) is 1.86. The zero-order valence-electron chi connectivity index (χ0n) is 10.0. The maximum Gasteiger partial charge on any atom is 0.142 e. The molecule has 0 saturated heterocycles. The number of benzene rings is 1. The molecule has 0 aliphatic heterocycles. The summed E-state index contributed by atoms with van der Waals surface area (Å²) in [4.78, 5) is 4.28. The predicted octanol–water partition coefficient (Wildman–Crippen LogP) is 3.53. The van der Waals surface area contributed by atoms with E-state index >= 15 is 0 Å². The van der Waals surface area contributed by atoms with Crippen molar-refractivity contribution in [2.75, 3.05) is 0 Å².